The number of rotatable bonds is 1. The number of esters is 1. The number of carbonyl (C=O) groups is 1. The number of aliphatic hydroxyl groups excluding tert-OH is 1. The van der Waals surface area contributed by atoms with Gasteiger partial charge < -0.3 is 19.3 Å². The first-order valence-electron chi connectivity index (χ1n) is 7.21. The summed E-state index contributed by atoms with van der Waals surface area (Å²) in [7, 11) is 0. The van der Waals surface area contributed by atoms with E-state index in [9.17, 15) is 9.90 Å². The van der Waals surface area contributed by atoms with Gasteiger partial charge in [-0.3, -0.25) is 4.79 Å². The van der Waals surface area contributed by atoms with Crippen LogP contribution in [0.3, 0.4) is 0 Å². The molecule has 0 aromatic rings. The fourth-order valence-corrected chi connectivity index (χ4v) is 3.51. The van der Waals surface area contributed by atoms with E-state index in [0.717, 1.165) is 0 Å². The lowest BCUT2D eigenvalue weighted by Gasteiger charge is -2.27. The molecule has 0 aromatic heterocycles. The third kappa shape index (κ3) is 2.48. The second-order valence-corrected chi connectivity index (χ2v) is 6.26. The molecule has 3 rings (SSSR count). The first-order valence-corrected chi connectivity index (χ1v) is 7.21. The Hall–Kier alpha value is -1.34. The van der Waals surface area contributed by atoms with Crippen molar-refractivity contribution in [2.24, 2.45) is 11.0 Å². The lowest BCUT2D eigenvalue weighted by atomic mass is 9.93. The Balaban J connectivity index is 1.96. The molecule has 0 spiro atoms. The van der Waals surface area contributed by atoms with E-state index in [0.29, 0.717) is 19.3 Å². The van der Waals surface area contributed by atoms with Crippen molar-refractivity contribution < 1.29 is 24.1 Å². The second-order valence-electron chi connectivity index (χ2n) is 6.26. The molecule has 3 aliphatic rings. The average Bonchev–Trinajstić information content (AvgIpc) is 2.86. The molecule has 0 aromatic carbocycles. The topological polar surface area (TPSA) is 114 Å². The Morgan fingerprint density at radius 1 is 1.33 bits per heavy atom. The molecular formula is C13H19N3O5. The quantitative estimate of drug-likeness (QED) is 0.339. The average molecular weight is 297 g/mol. The number of azide groups is 1. The normalized spacial score (nSPS) is 44.8. The van der Waals surface area contributed by atoms with Gasteiger partial charge >= 0.3 is 5.97 Å². The smallest absolute Gasteiger partial charge is 0.312 e. The zero-order valence-electron chi connectivity index (χ0n) is 12.0. The molecule has 21 heavy (non-hydrogen) atoms. The molecule has 0 radical (unpaired) electrons. The molecule has 1 N–H and O–H groups in total. The largest absolute Gasteiger partial charge is 0.459 e. The van der Waals surface area contributed by atoms with Crippen LogP contribution in [-0.4, -0.2) is 47.3 Å². The predicted molar refractivity (Wildman–Crippen MR) is 70.0 cm³/mol. The van der Waals surface area contributed by atoms with Crippen LogP contribution in [0.4, 0.5) is 0 Å². The van der Waals surface area contributed by atoms with Crippen molar-refractivity contribution >= 4 is 5.97 Å². The van der Waals surface area contributed by atoms with E-state index in [2.05, 4.69) is 10.0 Å². The van der Waals surface area contributed by atoms with Gasteiger partial charge in [0, 0.05) is 4.91 Å². The van der Waals surface area contributed by atoms with E-state index in [1.165, 1.54) is 0 Å². The minimum Gasteiger partial charge on any atom is -0.459 e. The first kappa shape index (κ1) is 14.6. The van der Waals surface area contributed by atoms with Gasteiger partial charge in [0.05, 0.1) is 18.1 Å². The second kappa shape index (κ2) is 5.14. The molecule has 8 heteroatoms. The van der Waals surface area contributed by atoms with Crippen LogP contribution in [-0.2, 0) is 19.0 Å². The SMILES string of the molecule is CC1(C)O[C@H]2[C@H](N=[N+]=[N-])[C@H]3OC(=O)[C@@H](CCC[C@H]2O1)[C@@H]3O. The van der Waals surface area contributed by atoms with Gasteiger partial charge in [0.2, 0.25) is 0 Å². The van der Waals surface area contributed by atoms with Crippen molar-refractivity contribution in [1.82, 2.24) is 0 Å². The number of hydrogen-bond acceptors (Lipinski definition) is 6. The van der Waals surface area contributed by atoms with E-state index in [-0.39, 0.29) is 6.10 Å². The summed E-state index contributed by atoms with van der Waals surface area (Å²) in [5, 5.41) is 14.1. The highest BCUT2D eigenvalue weighted by Gasteiger charge is 2.55. The fourth-order valence-electron chi connectivity index (χ4n) is 3.51. The van der Waals surface area contributed by atoms with Crippen LogP contribution in [0.25, 0.3) is 10.4 Å². The summed E-state index contributed by atoms with van der Waals surface area (Å²) >= 11 is 0. The Morgan fingerprint density at radius 3 is 2.81 bits per heavy atom. The molecule has 0 amide bonds. The van der Waals surface area contributed by atoms with Crippen LogP contribution < -0.4 is 0 Å². The molecule has 1 aliphatic carbocycles. The zero-order valence-corrected chi connectivity index (χ0v) is 12.0. The molecule has 2 saturated heterocycles. The molecule has 1 saturated carbocycles. The number of aliphatic hydroxyl groups is 1. The number of nitrogens with zero attached hydrogens (tertiary/aromatic N) is 3. The van der Waals surface area contributed by atoms with E-state index in [4.69, 9.17) is 19.7 Å². The van der Waals surface area contributed by atoms with Gasteiger partial charge in [-0.15, -0.1) is 0 Å². The molecule has 2 heterocycles. The number of ether oxygens (including phenoxy) is 3. The molecule has 2 aliphatic heterocycles. The van der Waals surface area contributed by atoms with Gasteiger partial charge in [-0.25, -0.2) is 0 Å². The summed E-state index contributed by atoms with van der Waals surface area (Å²) in [6.45, 7) is 3.58. The molecule has 116 valence electrons. The minimum atomic E-state index is -0.973. The fraction of sp³-hybridized carbons (Fsp3) is 0.923. The van der Waals surface area contributed by atoms with Crippen molar-refractivity contribution in [3.05, 3.63) is 10.4 Å². The third-order valence-corrected chi connectivity index (χ3v) is 4.39. The van der Waals surface area contributed by atoms with Crippen molar-refractivity contribution in [2.75, 3.05) is 0 Å². The van der Waals surface area contributed by atoms with Gasteiger partial charge in [-0.2, -0.15) is 0 Å². The Kier molecular flexibility index (Phi) is 3.57. The maximum Gasteiger partial charge on any atom is 0.312 e. The molecule has 8 nitrogen and oxygen atoms in total. The van der Waals surface area contributed by atoms with Crippen LogP contribution >= 0.6 is 0 Å². The molecule has 3 fully saturated rings. The maximum absolute atomic E-state index is 11.9. The number of hydrogen-bond donors (Lipinski definition) is 1. The van der Waals surface area contributed by atoms with Crippen molar-refractivity contribution in [3.63, 3.8) is 0 Å². The van der Waals surface area contributed by atoms with Crippen LogP contribution in [0.5, 0.6) is 0 Å². The van der Waals surface area contributed by atoms with E-state index in [1.807, 2.05) is 0 Å². The monoisotopic (exact) mass is 297 g/mol. The summed E-state index contributed by atoms with van der Waals surface area (Å²) in [4.78, 5) is 14.7. The van der Waals surface area contributed by atoms with Crippen LogP contribution in [0.1, 0.15) is 33.1 Å². The van der Waals surface area contributed by atoms with Crippen molar-refractivity contribution in [1.29, 1.82) is 0 Å². The number of fused-ring (bicyclic) bond motifs is 3. The summed E-state index contributed by atoms with van der Waals surface area (Å²) < 4.78 is 17.0. The number of carbonyl (C=O) groups excluding carboxylic acids is 1. The van der Waals surface area contributed by atoms with E-state index < -0.39 is 42.0 Å². The van der Waals surface area contributed by atoms with Crippen molar-refractivity contribution in [2.45, 2.75) is 69.4 Å². The molecule has 0 unspecified atom stereocenters. The summed E-state index contributed by atoms with van der Waals surface area (Å²) in [5.41, 5.74) is 8.82. The first-order chi connectivity index (χ1) is 9.93. The third-order valence-electron chi connectivity index (χ3n) is 4.39. The van der Waals surface area contributed by atoms with Gasteiger partial charge in [-0.1, -0.05) is 5.11 Å². The lowest BCUT2D eigenvalue weighted by Crippen LogP contribution is -2.46. The lowest BCUT2D eigenvalue weighted by molar-refractivity contribution is -0.154. The van der Waals surface area contributed by atoms with Gasteiger partial charge in [0.1, 0.15) is 18.2 Å². The molecule has 6 atom stereocenters. The highest BCUT2D eigenvalue weighted by atomic mass is 16.8. The molecular weight excluding hydrogens is 278 g/mol. The summed E-state index contributed by atoms with van der Waals surface area (Å²) in [6, 6.07) is -0.788. The van der Waals surface area contributed by atoms with Gasteiger partial charge in [0.15, 0.2) is 5.79 Å². The minimum absolute atomic E-state index is 0.235. The summed E-state index contributed by atoms with van der Waals surface area (Å²) in [5.74, 6) is -1.77. The van der Waals surface area contributed by atoms with E-state index >= 15 is 0 Å². The van der Waals surface area contributed by atoms with Crippen LogP contribution in [0.2, 0.25) is 0 Å². The van der Waals surface area contributed by atoms with Gasteiger partial charge in [0.25, 0.3) is 0 Å². The summed E-state index contributed by atoms with van der Waals surface area (Å²) in [6.07, 6.45) is -0.671. The highest BCUT2D eigenvalue weighted by Crippen LogP contribution is 2.40. The van der Waals surface area contributed by atoms with Crippen LogP contribution in [0, 0.1) is 5.92 Å². The van der Waals surface area contributed by atoms with Gasteiger partial charge in [-0.05, 0) is 38.6 Å². The van der Waals surface area contributed by atoms with E-state index in [1.54, 1.807) is 13.8 Å². The Labute approximate surface area is 122 Å². The highest BCUT2D eigenvalue weighted by molar-refractivity contribution is 5.76. The van der Waals surface area contributed by atoms with Crippen molar-refractivity contribution in [3.8, 4) is 0 Å². The standard InChI is InChI=1S/C13H19N3O5/c1-13(2)20-7-5-3-4-6-9(17)11(19-12(6)18)8(15-16-14)10(7)21-13/h6-11,17H,3-5H2,1-2H3/t6-,7+,8-,9-,10+,11+/m0/s1. The maximum atomic E-state index is 11.9. The predicted octanol–water partition coefficient (Wildman–Crippen LogP) is 1.27. The van der Waals surface area contributed by atoms with Crippen LogP contribution in [0.15, 0.2) is 5.11 Å². The molecule has 2 bridgehead atoms. The Morgan fingerprint density at radius 2 is 2.10 bits per heavy atom. The Bertz CT molecular complexity index is 490. The zero-order chi connectivity index (χ0) is 15.2.